The Hall–Kier alpha value is -3.03. The van der Waals surface area contributed by atoms with E-state index in [9.17, 15) is 26.4 Å². The monoisotopic (exact) mass is 565 g/mol. The van der Waals surface area contributed by atoms with Crippen molar-refractivity contribution in [1.82, 2.24) is 19.8 Å². The van der Waals surface area contributed by atoms with Crippen LogP contribution in [-0.2, 0) is 29.0 Å². The Morgan fingerprint density at radius 1 is 1.16 bits per heavy atom. The van der Waals surface area contributed by atoms with Crippen LogP contribution in [0.2, 0.25) is 0 Å². The van der Waals surface area contributed by atoms with E-state index in [0.717, 1.165) is 43.2 Å². The molecule has 2 aliphatic rings. The summed E-state index contributed by atoms with van der Waals surface area (Å²) in [6, 6.07) is 5.16. The van der Waals surface area contributed by atoms with Crippen molar-refractivity contribution in [3.63, 3.8) is 0 Å². The Balaban J connectivity index is 1.57. The zero-order chi connectivity index (χ0) is 27.4. The molecule has 202 valence electrons. The first-order valence-electron chi connectivity index (χ1n) is 12.1. The lowest BCUT2D eigenvalue weighted by Gasteiger charge is -2.28. The van der Waals surface area contributed by atoms with Crippen molar-refractivity contribution in [2.45, 2.75) is 37.9 Å². The van der Waals surface area contributed by atoms with Gasteiger partial charge < -0.3 is 10.2 Å². The summed E-state index contributed by atoms with van der Waals surface area (Å²) in [4.78, 5) is 24.0. The Labute approximate surface area is 222 Å². The number of aryl methyl sites for hydroxylation is 1. The number of sulfone groups is 1. The fraction of sp³-hybridized carbons (Fsp3) is 0.400. The summed E-state index contributed by atoms with van der Waals surface area (Å²) in [6.45, 7) is 6.74. The number of hydrogen-bond donors (Lipinski definition) is 1. The van der Waals surface area contributed by atoms with E-state index in [4.69, 9.17) is 0 Å². The van der Waals surface area contributed by atoms with Crippen LogP contribution in [0.15, 0.2) is 29.3 Å². The predicted octanol–water partition coefficient (Wildman–Crippen LogP) is 4.51. The number of thiophene rings is 1. The molecule has 0 aliphatic carbocycles. The largest absolute Gasteiger partial charge is 0.420 e. The second-order valence-electron chi connectivity index (χ2n) is 9.48. The smallest absolute Gasteiger partial charge is 0.340 e. The first kappa shape index (κ1) is 26.6. The number of nitrogens with zero attached hydrogens (tertiary/aromatic N) is 4. The zero-order valence-corrected chi connectivity index (χ0v) is 22.6. The number of amides is 1. The summed E-state index contributed by atoms with van der Waals surface area (Å²) in [5.74, 6) is -0.920. The summed E-state index contributed by atoms with van der Waals surface area (Å²) < 4.78 is 67.4. The van der Waals surface area contributed by atoms with Gasteiger partial charge in [0.15, 0.2) is 9.84 Å². The van der Waals surface area contributed by atoms with E-state index in [2.05, 4.69) is 33.2 Å². The number of alkyl halides is 3. The minimum Gasteiger partial charge on any atom is -0.340 e. The van der Waals surface area contributed by atoms with E-state index in [-0.39, 0.29) is 32.9 Å². The minimum absolute atomic E-state index is 0.00385. The predicted molar refractivity (Wildman–Crippen MR) is 138 cm³/mol. The molecule has 0 atom stereocenters. The highest BCUT2D eigenvalue weighted by Crippen LogP contribution is 2.42. The third-order valence-electron chi connectivity index (χ3n) is 6.93. The Morgan fingerprint density at radius 3 is 2.63 bits per heavy atom. The van der Waals surface area contributed by atoms with Gasteiger partial charge in [0, 0.05) is 38.6 Å². The van der Waals surface area contributed by atoms with Crippen LogP contribution >= 0.6 is 11.3 Å². The summed E-state index contributed by atoms with van der Waals surface area (Å²) in [5.41, 5.74) is 2.36. The van der Waals surface area contributed by atoms with Gasteiger partial charge in [0.1, 0.15) is 10.4 Å². The van der Waals surface area contributed by atoms with Crippen LogP contribution in [0.4, 0.5) is 24.8 Å². The van der Waals surface area contributed by atoms with Gasteiger partial charge in [0.05, 0.1) is 21.2 Å². The molecule has 2 aliphatic heterocycles. The number of rotatable bonds is 4. The van der Waals surface area contributed by atoms with Crippen molar-refractivity contribution in [3.05, 3.63) is 51.5 Å². The maximum absolute atomic E-state index is 14.0. The standard InChI is InChI=1S/C25H26F3N5O3S2/c1-4-33-6-5-15-10-18(14(2)9-16(15)13-33)30-24-29-12-17(25(26,27)28)21(31-24)19-11-20-22(37-19)23(34)32(3)7-8-38(20,35)36/h9-12H,4-8,13H2,1-3H3,(H,29,30,31). The number of nitrogens with one attached hydrogen (secondary N) is 1. The molecule has 1 amide bonds. The van der Waals surface area contributed by atoms with Gasteiger partial charge in [-0.1, -0.05) is 13.0 Å². The minimum atomic E-state index is -4.79. The molecule has 0 spiro atoms. The summed E-state index contributed by atoms with van der Waals surface area (Å²) >= 11 is 0.692. The fourth-order valence-electron chi connectivity index (χ4n) is 4.67. The van der Waals surface area contributed by atoms with Gasteiger partial charge >= 0.3 is 6.18 Å². The van der Waals surface area contributed by atoms with Crippen molar-refractivity contribution in [3.8, 4) is 10.6 Å². The van der Waals surface area contributed by atoms with E-state index in [1.807, 2.05) is 13.0 Å². The molecule has 0 radical (unpaired) electrons. The number of benzene rings is 1. The molecular weight excluding hydrogens is 539 g/mol. The quantitative estimate of drug-likeness (QED) is 0.497. The van der Waals surface area contributed by atoms with Crippen molar-refractivity contribution >= 4 is 38.7 Å². The molecule has 0 saturated carbocycles. The van der Waals surface area contributed by atoms with Crippen molar-refractivity contribution < 1.29 is 26.4 Å². The van der Waals surface area contributed by atoms with Crippen LogP contribution in [-0.4, -0.2) is 66.5 Å². The number of anilines is 2. The zero-order valence-electron chi connectivity index (χ0n) is 21.0. The molecule has 1 aromatic carbocycles. The number of halogens is 3. The van der Waals surface area contributed by atoms with Gasteiger partial charge in [-0.15, -0.1) is 11.3 Å². The molecular formula is C25H26F3N5O3S2. The summed E-state index contributed by atoms with van der Waals surface area (Å²) in [7, 11) is -2.40. The third-order valence-corrected chi connectivity index (χ3v) is 9.90. The Morgan fingerprint density at radius 2 is 1.92 bits per heavy atom. The van der Waals surface area contributed by atoms with Crippen LogP contribution in [0.3, 0.4) is 0 Å². The first-order valence-corrected chi connectivity index (χ1v) is 14.5. The molecule has 3 aromatic rings. The molecule has 0 fully saturated rings. The highest BCUT2D eigenvalue weighted by Gasteiger charge is 2.38. The van der Waals surface area contributed by atoms with Crippen LogP contribution < -0.4 is 5.32 Å². The molecule has 1 N–H and O–H groups in total. The number of aromatic nitrogens is 2. The van der Waals surface area contributed by atoms with Crippen molar-refractivity contribution in [2.75, 3.05) is 37.8 Å². The average molecular weight is 566 g/mol. The van der Waals surface area contributed by atoms with Crippen LogP contribution in [0, 0.1) is 6.92 Å². The van der Waals surface area contributed by atoms with E-state index < -0.39 is 33.2 Å². The Bertz CT molecular complexity index is 1540. The lowest BCUT2D eigenvalue weighted by molar-refractivity contribution is -0.137. The van der Waals surface area contributed by atoms with E-state index in [0.29, 0.717) is 23.2 Å². The second kappa shape index (κ2) is 9.62. The van der Waals surface area contributed by atoms with Gasteiger partial charge in [-0.2, -0.15) is 13.2 Å². The molecule has 2 aromatic heterocycles. The summed E-state index contributed by atoms with van der Waals surface area (Å²) in [5, 5.41) is 3.05. The second-order valence-corrected chi connectivity index (χ2v) is 12.6. The molecule has 13 heteroatoms. The number of carbonyl (C=O) groups excluding carboxylic acids is 1. The van der Waals surface area contributed by atoms with E-state index in [1.54, 1.807) is 0 Å². The molecule has 0 unspecified atom stereocenters. The maximum atomic E-state index is 14.0. The fourth-order valence-corrected chi connectivity index (χ4v) is 7.70. The van der Waals surface area contributed by atoms with E-state index >= 15 is 0 Å². The number of fused-ring (bicyclic) bond motifs is 2. The topological polar surface area (TPSA) is 95.5 Å². The van der Waals surface area contributed by atoms with E-state index in [1.165, 1.54) is 17.5 Å². The molecule has 38 heavy (non-hydrogen) atoms. The van der Waals surface area contributed by atoms with Gasteiger partial charge in [-0.3, -0.25) is 9.69 Å². The van der Waals surface area contributed by atoms with Crippen molar-refractivity contribution in [1.29, 1.82) is 0 Å². The van der Waals surface area contributed by atoms with Crippen LogP contribution in [0.5, 0.6) is 0 Å². The highest BCUT2D eigenvalue weighted by molar-refractivity contribution is 7.91. The lowest BCUT2D eigenvalue weighted by atomic mass is 9.96. The molecule has 0 bridgehead atoms. The lowest BCUT2D eigenvalue weighted by Crippen LogP contribution is -2.30. The van der Waals surface area contributed by atoms with Gasteiger partial charge in [-0.05, 0) is 48.7 Å². The SMILES string of the molecule is CCN1CCc2cc(Nc3ncc(C(F)(F)F)c(-c4cc5c(s4)C(=O)N(C)CCS5(=O)=O)n3)c(C)cc2C1. The number of hydrogen-bond acceptors (Lipinski definition) is 8. The normalized spacial score (nSPS) is 17.6. The molecule has 5 rings (SSSR count). The maximum Gasteiger partial charge on any atom is 0.420 e. The molecule has 4 heterocycles. The molecule has 8 nitrogen and oxygen atoms in total. The first-order chi connectivity index (χ1) is 17.9. The summed E-state index contributed by atoms with van der Waals surface area (Å²) in [6.07, 6.45) is -3.25. The van der Waals surface area contributed by atoms with Crippen LogP contribution in [0.1, 0.15) is 38.8 Å². The van der Waals surface area contributed by atoms with Gasteiger partial charge in [-0.25, -0.2) is 18.4 Å². The van der Waals surface area contributed by atoms with Gasteiger partial charge in [0.2, 0.25) is 5.95 Å². The number of likely N-dealkylation sites (N-methyl/N-ethyl adjacent to an activating group) is 1. The third kappa shape index (κ3) is 4.90. The van der Waals surface area contributed by atoms with Gasteiger partial charge in [0.25, 0.3) is 5.91 Å². The Kier molecular flexibility index (Phi) is 6.72. The van der Waals surface area contributed by atoms with Crippen LogP contribution in [0.25, 0.3) is 10.6 Å². The average Bonchev–Trinajstić information content (AvgIpc) is 3.30. The number of carbonyl (C=O) groups is 1. The van der Waals surface area contributed by atoms with Crippen molar-refractivity contribution in [2.24, 2.45) is 0 Å². The highest BCUT2D eigenvalue weighted by atomic mass is 32.2. The molecule has 0 saturated heterocycles.